The summed E-state index contributed by atoms with van der Waals surface area (Å²) in [6, 6.07) is 0. The summed E-state index contributed by atoms with van der Waals surface area (Å²) in [4.78, 5) is 21.9. The van der Waals surface area contributed by atoms with Crippen LogP contribution < -0.4 is 5.32 Å². The Kier molecular flexibility index (Phi) is 8.21. The van der Waals surface area contributed by atoms with Gasteiger partial charge in [0.05, 0.1) is 18.2 Å². The monoisotopic (exact) mass is 285 g/mol. The van der Waals surface area contributed by atoms with Gasteiger partial charge in [0.1, 0.15) is 6.17 Å². The van der Waals surface area contributed by atoms with Gasteiger partial charge in [0, 0.05) is 0 Å². The van der Waals surface area contributed by atoms with Gasteiger partial charge in [-0.2, -0.15) is 0 Å². The van der Waals surface area contributed by atoms with Crippen LogP contribution in [0.15, 0.2) is 0 Å². The second-order valence-corrected chi connectivity index (χ2v) is 4.61. The average molecular weight is 285 g/mol. The van der Waals surface area contributed by atoms with Crippen LogP contribution in [-0.4, -0.2) is 46.1 Å². The standard InChI is InChI=1S/C9H16FNO6S/c1-6(2)8(12)16-5-17-9(13)11-3-7(10)4-18(14)15/h6-7H,3-5H2,1-2H3,(H,11,13)(H,14,15)/t7-/m1/s1. The summed E-state index contributed by atoms with van der Waals surface area (Å²) in [6.45, 7) is 2.21. The summed E-state index contributed by atoms with van der Waals surface area (Å²) in [5, 5.41) is 2.02. The van der Waals surface area contributed by atoms with Crippen molar-refractivity contribution in [3.05, 3.63) is 0 Å². The van der Waals surface area contributed by atoms with Gasteiger partial charge in [-0.05, 0) is 0 Å². The Hall–Kier alpha value is -1.22. The Balaban J connectivity index is 3.66. The van der Waals surface area contributed by atoms with Gasteiger partial charge in [0.25, 0.3) is 0 Å². The maximum atomic E-state index is 12.9. The van der Waals surface area contributed by atoms with E-state index in [0.29, 0.717) is 0 Å². The Morgan fingerprint density at radius 1 is 1.39 bits per heavy atom. The van der Waals surface area contributed by atoms with Crippen LogP contribution in [0.25, 0.3) is 0 Å². The molecule has 0 fully saturated rings. The molecule has 0 aliphatic carbocycles. The third kappa shape index (κ3) is 8.88. The number of hydrogen-bond donors (Lipinski definition) is 2. The minimum absolute atomic E-state index is 0.341. The summed E-state index contributed by atoms with van der Waals surface area (Å²) in [5.41, 5.74) is 0. The maximum Gasteiger partial charge on any atom is 0.410 e. The van der Waals surface area contributed by atoms with Crippen molar-refractivity contribution in [3.63, 3.8) is 0 Å². The summed E-state index contributed by atoms with van der Waals surface area (Å²) in [7, 11) is 0. The van der Waals surface area contributed by atoms with Crippen molar-refractivity contribution >= 4 is 23.1 Å². The van der Waals surface area contributed by atoms with E-state index in [0.717, 1.165) is 0 Å². The number of carbonyl (C=O) groups is 2. The molecule has 0 aromatic heterocycles. The first-order valence-corrected chi connectivity index (χ1v) is 6.39. The number of alkyl halides is 1. The van der Waals surface area contributed by atoms with Crippen molar-refractivity contribution in [1.29, 1.82) is 0 Å². The molecule has 0 aliphatic rings. The molecule has 2 atom stereocenters. The van der Waals surface area contributed by atoms with Crippen LogP contribution >= 0.6 is 0 Å². The Labute approximate surface area is 106 Å². The van der Waals surface area contributed by atoms with Gasteiger partial charge in [-0.15, -0.1) is 0 Å². The van der Waals surface area contributed by atoms with E-state index in [9.17, 15) is 18.2 Å². The van der Waals surface area contributed by atoms with Gasteiger partial charge in [0.15, 0.2) is 11.1 Å². The fourth-order valence-electron chi connectivity index (χ4n) is 0.766. The molecular formula is C9H16FNO6S. The van der Waals surface area contributed by atoms with Crippen molar-refractivity contribution in [2.75, 3.05) is 19.1 Å². The van der Waals surface area contributed by atoms with Crippen LogP contribution in [0.3, 0.4) is 0 Å². The number of alkyl carbamates (subject to hydrolysis) is 1. The van der Waals surface area contributed by atoms with E-state index in [1.807, 2.05) is 5.32 Å². The predicted octanol–water partition coefficient (Wildman–Crippen LogP) is 0.429. The number of hydrogen-bond acceptors (Lipinski definition) is 5. The lowest BCUT2D eigenvalue weighted by molar-refractivity contribution is -0.155. The van der Waals surface area contributed by atoms with Crippen LogP contribution in [0, 0.1) is 5.92 Å². The molecule has 1 amide bonds. The molecule has 106 valence electrons. The molecule has 0 saturated heterocycles. The fourth-order valence-corrected chi connectivity index (χ4v) is 1.19. The summed E-state index contributed by atoms with van der Waals surface area (Å²) >= 11 is -2.26. The Morgan fingerprint density at radius 2 is 2.00 bits per heavy atom. The summed E-state index contributed by atoms with van der Waals surface area (Å²) in [5.74, 6) is -1.46. The second kappa shape index (κ2) is 8.81. The van der Waals surface area contributed by atoms with Gasteiger partial charge in [0.2, 0.25) is 6.79 Å². The van der Waals surface area contributed by atoms with Crippen molar-refractivity contribution in [3.8, 4) is 0 Å². The van der Waals surface area contributed by atoms with Crippen molar-refractivity contribution < 1.29 is 32.2 Å². The lowest BCUT2D eigenvalue weighted by Gasteiger charge is -2.10. The molecule has 1 unspecified atom stereocenters. The third-order valence-corrected chi connectivity index (χ3v) is 2.30. The number of carbonyl (C=O) groups excluding carboxylic acids is 2. The summed E-state index contributed by atoms with van der Waals surface area (Å²) in [6.07, 6.45) is -2.63. The van der Waals surface area contributed by atoms with Crippen LogP contribution in [0.1, 0.15) is 13.8 Å². The molecule has 0 bridgehead atoms. The molecule has 0 heterocycles. The quantitative estimate of drug-likeness (QED) is 0.399. The molecule has 18 heavy (non-hydrogen) atoms. The molecule has 7 nitrogen and oxygen atoms in total. The molecular weight excluding hydrogens is 269 g/mol. The van der Waals surface area contributed by atoms with Gasteiger partial charge in [-0.25, -0.2) is 13.4 Å². The molecule has 0 saturated carbocycles. The Bertz CT molecular complexity index is 311. The highest BCUT2D eigenvalue weighted by molar-refractivity contribution is 7.79. The van der Waals surface area contributed by atoms with Crippen LogP contribution in [0.4, 0.5) is 9.18 Å². The zero-order valence-electron chi connectivity index (χ0n) is 10.1. The first-order chi connectivity index (χ1) is 8.32. The number of rotatable bonds is 7. The average Bonchev–Trinajstić information content (AvgIpc) is 2.25. The maximum absolute atomic E-state index is 12.9. The molecule has 0 aromatic rings. The van der Waals surface area contributed by atoms with E-state index in [-0.39, 0.29) is 5.92 Å². The molecule has 2 N–H and O–H groups in total. The minimum Gasteiger partial charge on any atom is -0.428 e. The van der Waals surface area contributed by atoms with Crippen LogP contribution in [-0.2, 0) is 25.3 Å². The van der Waals surface area contributed by atoms with E-state index in [2.05, 4.69) is 9.47 Å². The number of amides is 1. The molecule has 9 heteroatoms. The van der Waals surface area contributed by atoms with Crippen LogP contribution in [0.5, 0.6) is 0 Å². The number of esters is 1. The SMILES string of the molecule is CC(C)C(=O)OCOC(=O)NC[C@@H](F)CS(=O)O. The molecule has 0 spiro atoms. The van der Waals surface area contributed by atoms with E-state index >= 15 is 0 Å². The highest BCUT2D eigenvalue weighted by atomic mass is 32.2. The van der Waals surface area contributed by atoms with Gasteiger partial charge < -0.3 is 19.3 Å². The van der Waals surface area contributed by atoms with Crippen molar-refractivity contribution in [2.45, 2.75) is 20.0 Å². The highest BCUT2D eigenvalue weighted by Crippen LogP contribution is 1.96. The first kappa shape index (κ1) is 16.8. The van der Waals surface area contributed by atoms with E-state index in [1.165, 1.54) is 0 Å². The molecule has 0 aliphatic heterocycles. The van der Waals surface area contributed by atoms with E-state index in [1.54, 1.807) is 13.8 Å². The van der Waals surface area contributed by atoms with Gasteiger partial charge >= 0.3 is 12.1 Å². The smallest absolute Gasteiger partial charge is 0.410 e. The zero-order valence-corrected chi connectivity index (χ0v) is 10.9. The molecule has 0 radical (unpaired) electrons. The molecule has 0 rings (SSSR count). The number of halogens is 1. The largest absolute Gasteiger partial charge is 0.428 e. The number of ether oxygens (including phenoxy) is 2. The van der Waals surface area contributed by atoms with Crippen LogP contribution in [0.2, 0.25) is 0 Å². The third-order valence-electron chi connectivity index (χ3n) is 1.65. The second-order valence-electron chi connectivity index (χ2n) is 3.63. The Morgan fingerprint density at radius 3 is 2.50 bits per heavy atom. The topological polar surface area (TPSA) is 102 Å². The normalized spacial score (nSPS) is 13.8. The lowest BCUT2D eigenvalue weighted by Crippen LogP contribution is -2.33. The molecule has 0 aromatic carbocycles. The first-order valence-electron chi connectivity index (χ1n) is 5.11. The highest BCUT2D eigenvalue weighted by Gasteiger charge is 2.13. The lowest BCUT2D eigenvalue weighted by atomic mass is 10.2. The van der Waals surface area contributed by atoms with E-state index < -0.39 is 48.4 Å². The zero-order chi connectivity index (χ0) is 14.1. The van der Waals surface area contributed by atoms with Gasteiger partial charge in [-0.1, -0.05) is 13.8 Å². The van der Waals surface area contributed by atoms with Crippen molar-refractivity contribution in [1.82, 2.24) is 5.32 Å². The van der Waals surface area contributed by atoms with E-state index in [4.69, 9.17) is 4.55 Å². The number of nitrogens with one attached hydrogen (secondary N) is 1. The predicted molar refractivity (Wildman–Crippen MR) is 60.8 cm³/mol. The summed E-state index contributed by atoms with van der Waals surface area (Å²) < 4.78 is 40.4. The van der Waals surface area contributed by atoms with Crippen molar-refractivity contribution in [2.24, 2.45) is 5.92 Å². The van der Waals surface area contributed by atoms with Gasteiger partial charge in [-0.3, -0.25) is 4.79 Å². The minimum atomic E-state index is -2.26. The fraction of sp³-hybridized carbons (Fsp3) is 0.778.